The Labute approximate surface area is 99.7 Å². The van der Waals surface area contributed by atoms with Gasteiger partial charge in [-0.25, -0.2) is 4.99 Å². The molecule has 0 fully saturated rings. The van der Waals surface area contributed by atoms with Crippen molar-refractivity contribution in [2.45, 2.75) is 0 Å². The van der Waals surface area contributed by atoms with Crippen LogP contribution in [-0.2, 0) is 17.4 Å². The van der Waals surface area contributed by atoms with E-state index in [0.29, 0.717) is 0 Å². The molecule has 58 valence electrons. The van der Waals surface area contributed by atoms with Crippen LogP contribution in [0, 0.1) is 0 Å². The van der Waals surface area contributed by atoms with E-state index < -0.39 is 0 Å². The Morgan fingerprint density at radius 3 is 2.42 bits per heavy atom. The summed E-state index contributed by atoms with van der Waals surface area (Å²) < 4.78 is 4.72. The van der Waals surface area contributed by atoms with Crippen LogP contribution in [0.3, 0.4) is 0 Å². The molecule has 12 heavy (non-hydrogen) atoms. The molecule has 0 N–H and O–H groups in total. The summed E-state index contributed by atoms with van der Waals surface area (Å²) in [6, 6.07) is 9.46. The van der Waals surface area contributed by atoms with Gasteiger partial charge in [0.05, 0.1) is 18.0 Å². The van der Waals surface area contributed by atoms with Gasteiger partial charge >= 0.3 is 29.6 Å². The van der Waals surface area contributed by atoms with Crippen molar-refractivity contribution >= 4 is 23.5 Å². The Bertz CT molecular complexity index is 250. The normalized spacial score (nSPS) is 10.2. The Morgan fingerprint density at radius 1 is 1.33 bits per heavy atom. The van der Waals surface area contributed by atoms with Crippen molar-refractivity contribution in [3.05, 3.63) is 30.3 Å². The minimum Gasteiger partial charge on any atom is -0.722 e. The van der Waals surface area contributed by atoms with E-state index in [1.807, 2.05) is 30.3 Å². The van der Waals surface area contributed by atoms with E-state index in [-0.39, 0.29) is 34.8 Å². The van der Waals surface area contributed by atoms with E-state index in [1.165, 1.54) is 7.11 Å². The van der Waals surface area contributed by atoms with Crippen molar-refractivity contribution in [3.63, 3.8) is 0 Å². The standard InChI is InChI=1S/C8H9NOS.Na/c1-10-8(11)9-7-5-3-2-4-6-7;/h2-6H,1H3,(H,9,11);/q;+1/p-1. The van der Waals surface area contributed by atoms with Crippen LogP contribution < -0.4 is 29.6 Å². The third-order valence-corrected chi connectivity index (χ3v) is 1.41. The number of hydrogen-bond acceptors (Lipinski definition) is 3. The van der Waals surface area contributed by atoms with Crippen molar-refractivity contribution in [2.24, 2.45) is 4.99 Å². The molecule has 0 aliphatic heterocycles. The van der Waals surface area contributed by atoms with Gasteiger partial charge in [0, 0.05) is 0 Å². The molecule has 0 bridgehead atoms. The van der Waals surface area contributed by atoms with E-state index in [4.69, 9.17) is 17.4 Å². The van der Waals surface area contributed by atoms with E-state index in [2.05, 4.69) is 4.99 Å². The molecule has 0 unspecified atom stereocenters. The second-order valence-corrected chi connectivity index (χ2v) is 2.27. The third kappa shape index (κ3) is 4.07. The Morgan fingerprint density at radius 2 is 1.92 bits per heavy atom. The molecule has 1 aromatic rings. The maximum absolute atomic E-state index is 4.75. The molecule has 0 aromatic heterocycles. The fraction of sp³-hybridized carbons (Fsp3) is 0.125. The Kier molecular flexibility index (Phi) is 6.38. The number of hydrogen-bond donors (Lipinski definition) is 0. The summed E-state index contributed by atoms with van der Waals surface area (Å²) in [6.07, 6.45) is 0. The minimum atomic E-state index is 0. The molecule has 2 nitrogen and oxygen atoms in total. The molecule has 4 heteroatoms. The molecule has 0 saturated carbocycles. The van der Waals surface area contributed by atoms with Crippen LogP contribution in [0.1, 0.15) is 0 Å². The smallest absolute Gasteiger partial charge is 0.722 e. The Balaban J connectivity index is 0.00000121. The monoisotopic (exact) mass is 189 g/mol. The van der Waals surface area contributed by atoms with E-state index in [9.17, 15) is 0 Å². The van der Waals surface area contributed by atoms with Crippen molar-refractivity contribution in [1.29, 1.82) is 0 Å². The van der Waals surface area contributed by atoms with E-state index >= 15 is 0 Å². The molecule has 1 rings (SSSR count). The van der Waals surface area contributed by atoms with Gasteiger partial charge in [-0.05, 0) is 12.1 Å². The predicted molar refractivity (Wildman–Crippen MR) is 47.9 cm³/mol. The summed E-state index contributed by atoms with van der Waals surface area (Å²) in [4.78, 5) is 3.99. The fourth-order valence-corrected chi connectivity index (χ4v) is 0.759. The minimum absolute atomic E-state index is 0. The first-order chi connectivity index (χ1) is 5.33. The van der Waals surface area contributed by atoms with Crippen LogP contribution in [0.5, 0.6) is 0 Å². The number of rotatable bonds is 1. The average Bonchev–Trinajstić information content (AvgIpc) is 2.06. The SMILES string of the molecule is COC([S-])=Nc1ccccc1.[Na+]. The van der Waals surface area contributed by atoms with Crippen LogP contribution in [0.15, 0.2) is 35.3 Å². The van der Waals surface area contributed by atoms with E-state index in [1.54, 1.807) is 0 Å². The molecule has 1 aromatic carbocycles. The van der Waals surface area contributed by atoms with Gasteiger partial charge in [-0.1, -0.05) is 18.2 Å². The topological polar surface area (TPSA) is 21.6 Å². The molecule has 0 heterocycles. The Hall–Kier alpha value is -0.0900. The zero-order valence-electron chi connectivity index (χ0n) is 7.15. The molecule has 0 aliphatic rings. The number of methoxy groups -OCH3 is 1. The van der Waals surface area contributed by atoms with Crippen molar-refractivity contribution in [2.75, 3.05) is 7.11 Å². The summed E-state index contributed by atoms with van der Waals surface area (Å²) in [5.74, 6) is 0. The molecule has 0 amide bonds. The maximum Gasteiger partial charge on any atom is 1.00 e. The van der Waals surface area contributed by atoms with Gasteiger partial charge in [-0.3, -0.25) is 0 Å². The van der Waals surface area contributed by atoms with Gasteiger partial charge in [0.1, 0.15) is 0 Å². The summed E-state index contributed by atoms with van der Waals surface area (Å²) >= 11 is 4.75. The van der Waals surface area contributed by atoms with Crippen molar-refractivity contribution in [3.8, 4) is 0 Å². The molecular weight excluding hydrogens is 181 g/mol. The second-order valence-electron chi connectivity index (χ2n) is 1.92. The molecule has 0 aliphatic carbocycles. The summed E-state index contributed by atoms with van der Waals surface area (Å²) in [7, 11) is 1.51. The molecule has 0 radical (unpaired) electrons. The first kappa shape index (κ1) is 11.9. The van der Waals surface area contributed by atoms with Crippen LogP contribution in [0.4, 0.5) is 5.69 Å². The van der Waals surface area contributed by atoms with Gasteiger partial charge < -0.3 is 17.4 Å². The first-order valence-corrected chi connectivity index (χ1v) is 3.58. The molecule has 0 atom stereocenters. The summed E-state index contributed by atoms with van der Waals surface area (Å²) in [5.41, 5.74) is 0.819. The summed E-state index contributed by atoms with van der Waals surface area (Å²) in [6.45, 7) is 0. The quantitative estimate of drug-likeness (QED) is 0.241. The number of benzene rings is 1. The summed E-state index contributed by atoms with van der Waals surface area (Å²) in [5, 5.41) is 0.260. The number of nitrogens with zero attached hydrogens (tertiary/aromatic N) is 1. The van der Waals surface area contributed by atoms with Crippen molar-refractivity contribution < 1.29 is 34.3 Å². The van der Waals surface area contributed by atoms with Gasteiger partial charge in [0.2, 0.25) is 0 Å². The van der Waals surface area contributed by atoms with Gasteiger partial charge in [0.25, 0.3) is 0 Å². The number of para-hydroxylation sites is 1. The van der Waals surface area contributed by atoms with Crippen LogP contribution in [0.2, 0.25) is 0 Å². The van der Waals surface area contributed by atoms with Gasteiger partial charge in [-0.2, -0.15) is 0 Å². The van der Waals surface area contributed by atoms with Crippen molar-refractivity contribution in [1.82, 2.24) is 0 Å². The first-order valence-electron chi connectivity index (χ1n) is 3.17. The largest absolute Gasteiger partial charge is 1.00 e. The molecule has 0 saturated heterocycles. The second kappa shape index (κ2) is 6.43. The van der Waals surface area contributed by atoms with Gasteiger partial charge in [-0.15, -0.1) is 0 Å². The zero-order valence-corrected chi connectivity index (χ0v) is 9.97. The zero-order chi connectivity index (χ0) is 8.10. The number of aliphatic imine (C=N–C) groups is 1. The maximum atomic E-state index is 4.75. The van der Waals surface area contributed by atoms with E-state index in [0.717, 1.165) is 5.69 Å². The third-order valence-electron chi connectivity index (χ3n) is 1.15. The van der Waals surface area contributed by atoms with Crippen LogP contribution >= 0.6 is 0 Å². The average molecular weight is 189 g/mol. The molecular formula is C8H8NNaOS. The van der Waals surface area contributed by atoms with Crippen LogP contribution in [0.25, 0.3) is 0 Å². The van der Waals surface area contributed by atoms with Gasteiger partial charge in [0.15, 0.2) is 0 Å². The number of ether oxygens (including phenoxy) is 1. The van der Waals surface area contributed by atoms with Crippen LogP contribution in [-0.4, -0.2) is 12.3 Å². The molecule has 0 spiro atoms. The fourth-order valence-electron chi connectivity index (χ4n) is 0.654. The predicted octanol–water partition coefficient (Wildman–Crippen LogP) is -1.13.